The second kappa shape index (κ2) is 10.9. The molecule has 0 spiro atoms. The Balaban J connectivity index is 1.16. The van der Waals surface area contributed by atoms with E-state index in [1.165, 1.54) is 24.0 Å². The van der Waals surface area contributed by atoms with Crippen LogP contribution >= 0.6 is 11.8 Å². The highest BCUT2D eigenvalue weighted by molar-refractivity contribution is 7.98. The first-order chi connectivity index (χ1) is 17.1. The second-order valence-electron chi connectivity index (χ2n) is 9.41. The highest BCUT2D eigenvalue weighted by Gasteiger charge is 2.39. The molecule has 5 rings (SSSR count). The Bertz CT molecular complexity index is 1100. The van der Waals surface area contributed by atoms with Crippen LogP contribution in [0.25, 0.3) is 0 Å². The number of imide groups is 1. The average Bonchev–Trinajstić information content (AvgIpc) is 3.21. The summed E-state index contributed by atoms with van der Waals surface area (Å²) in [4.78, 5) is 39.5. The van der Waals surface area contributed by atoms with E-state index in [1.54, 1.807) is 16.7 Å². The van der Waals surface area contributed by atoms with Gasteiger partial charge in [0.1, 0.15) is 6.04 Å². The first-order valence-electron chi connectivity index (χ1n) is 12.4. The van der Waals surface area contributed by atoms with Crippen LogP contribution in [-0.2, 0) is 33.2 Å². The minimum absolute atomic E-state index is 0.132. The third-order valence-corrected chi connectivity index (χ3v) is 8.10. The fourth-order valence-corrected chi connectivity index (χ4v) is 5.99. The van der Waals surface area contributed by atoms with Crippen LogP contribution in [0.5, 0.6) is 0 Å². The fraction of sp³-hybridized carbons (Fsp3) is 0.444. The maximum atomic E-state index is 13.0. The number of piperidine rings is 1. The van der Waals surface area contributed by atoms with Crippen LogP contribution in [0.3, 0.4) is 0 Å². The molecular formula is C27H31N3O4S. The lowest BCUT2D eigenvalue weighted by Crippen LogP contribution is -2.52. The van der Waals surface area contributed by atoms with E-state index in [4.69, 9.17) is 4.74 Å². The number of fused-ring (bicyclic) bond motifs is 1. The van der Waals surface area contributed by atoms with Gasteiger partial charge in [0.2, 0.25) is 11.8 Å². The summed E-state index contributed by atoms with van der Waals surface area (Å²) in [5, 5.41) is 5.86. The van der Waals surface area contributed by atoms with Gasteiger partial charge in [0.05, 0.1) is 6.10 Å². The van der Waals surface area contributed by atoms with Crippen molar-refractivity contribution in [2.24, 2.45) is 0 Å². The molecule has 0 aromatic heterocycles. The molecule has 8 heteroatoms. The molecule has 2 aromatic carbocycles. The van der Waals surface area contributed by atoms with Gasteiger partial charge in [-0.2, -0.15) is 0 Å². The Hall–Kier alpha value is -2.68. The minimum Gasteiger partial charge on any atom is -0.377 e. The van der Waals surface area contributed by atoms with Crippen LogP contribution in [0.2, 0.25) is 0 Å². The van der Waals surface area contributed by atoms with Crippen molar-refractivity contribution in [2.45, 2.75) is 68.0 Å². The molecule has 2 unspecified atom stereocenters. The lowest BCUT2D eigenvalue weighted by molar-refractivity contribution is -0.136. The molecule has 2 aromatic rings. The topological polar surface area (TPSA) is 87.7 Å². The number of thioether (sulfide) groups is 1. The Morgan fingerprint density at radius 3 is 2.63 bits per heavy atom. The van der Waals surface area contributed by atoms with Crippen LogP contribution < -0.4 is 10.6 Å². The summed E-state index contributed by atoms with van der Waals surface area (Å²) >= 11 is 1.71. The minimum atomic E-state index is -0.587. The standard InChI is InChI=1S/C27H31N3O4S/c31-25-12-11-23(26(32)29-25)30-16-22-21(27(30)33)5-3-6-24(22)35-17-19-9-7-18(8-10-19)14-28-15-20-4-1-2-13-34-20/h3,5-10,20,23,28H,1-2,4,11-17H2,(H,29,31,32). The van der Waals surface area contributed by atoms with Crippen molar-refractivity contribution in [3.8, 4) is 0 Å². The van der Waals surface area contributed by atoms with Gasteiger partial charge in [-0.05, 0) is 54.5 Å². The van der Waals surface area contributed by atoms with Gasteiger partial charge in [-0.3, -0.25) is 19.7 Å². The summed E-state index contributed by atoms with van der Waals surface area (Å²) in [5.74, 6) is 0.0173. The Labute approximate surface area is 210 Å². The van der Waals surface area contributed by atoms with E-state index >= 15 is 0 Å². The Kier molecular flexibility index (Phi) is 7.51. The zero-order valence-corrected chi connectivity index (χ0v) is 20.6. The number of benzene rings is 2. The highest BCUT2D eigenvalue weighted by Crippen LogP contribution is 2.35. The predicted octanol–water partition coefficient (Wildman–Crippen LogP) is 3.40. The molecule has 35 heavy (non-hydrogen) atoms. The summed E-state index contributed by atoms with van der Waals surface area (Å²) in [6.45, 7) is 3.01. The van der Waals surface area contributed by atoms with Gasteiger partial charge in [-0.25, -0.2) is 0 Å². The Morgan fingerprint density at radius 2 is 1.86 bits per heavy atom. The van der Waals surface area contributed by atoms with E-state index in [-0.39, 0.29) is 24.1 Å². The van der Waals surface area contributed by atoms with Gasteiger partial charge >= 0.3 is 0 Å². The van der Waals surface area contributed by atoms with Gasteiger partial charge in [0.15, 0.2) is 0 Å². The van der Waals surface area contributed by atoms with Crippen molar-refractivity contribution in [1.82, 2.24) is 15.5 Å². The Morgan fingerprint density at radius 1 is 1.03 bits per heavy atom. The summed E-state index contributed by atoms with van der Waals surface area (Å²) in [6, 6.07) is 13.8. The number of hydrogen-bond donors (Lipinski definition) is 2. The molecule has 3 amide bonds. The summed E-state index contributed by atoms with van der Waals surface area (Å²) in [6.07, 6.45) is 4.55. The third kappa shape index (κ3) is 5.60. The van der Waals surface area contributed by atoms with E-state index in [2.05, 4.69) is 34.9 Å². The van der Waals surface area contributed by atoms with Crippen LogP contribution in [-0.4, -0.2) is 47.9 Å². The molecule has 3 aliphatic heterocycles. The molecule has 0 bridgehead atoms. The molecule has 184 valence electrons. The third-order valence-electron chi connectivity index (χ3n) is 6.93. The van der Waals surface area contributed by atoms with Crippen molar-refractivity contribution in [2.75, 3.05) is 13.2 Å². The number of ether oxygens (including phenoxy) is 1. The maximum Gasteiger partial charge on any atom is 0.255 e. The first kappa shape index (κ1) is 24.0. The largest absolute Gasteiger partial charge is 0.377 e. The number of hydrogen-bond acceptors (Lipinski definition) is 6. The monoisotopic (exact) mass is 493 g/mol. The number of nitrogens with zero attached hydrogens (tertiary/aromatic N) is 1. The molecule has 7 nitrogen and oxygen atoms in total. The lowest BCUT2D eigenvalue weighted by atomic mass is 10.0. The molecule has 3 heterocycles. The van der Waals surface area contributed by atoms with E-state index < -0.39 is 6.04 Å². The predicted molar refractivity (Wildman–Crippen MR) is 134 cm³/mol. The van der Waals surface area contributed by atoms with Gasteiger partial charge in [-0.15, -0.1) is 11.8 Å². The summed E-state index contributed by atoms with van der Waals surface area (Å²) in [7, 11) is 0. The zero-order chi connectivity index (χ0) is 24.2. The number of carbonyl (C=O) groups excluding carboxylic acids is 3. The van der Waals surface area contributed by atoms with Crippen molar-refractivity contribution >= 4 is 29.5 Å². The number of amides is 3. The lowest BCUT2D eigenvalue weighted by Gasteiger charge is -2.29. The van der Waals surface area contributed by atoms with Gasteiger partial charge < -0.3 is 15.0 Å². The molecular weight excluding hydrogens is 462 g/mol. The van der Waals surface area contributed by atoms with Crippen molar-refractivity contribution in [3.05, 3.63) is 64.7 Å². The molecule has 0 aliphatic carbocycles. The average molecular weight is 494 g/mol. The van der Waals surface area contributed by atoms with Crippen molar-refractivity contribution in [1.29, 1.82) is 0 Å². The van der Waals surface area contributed by atoms with Crippen molar-refractivity contribution in [3.63, 3.8) is 0 Å². The molecule has 2 atom stereocenters. The normalized spacial score (nSPS) is 22.3. The highest BCUT2D eigenvalue weighted by atomic mass is 32.2. The number of rotatable bonds is 8. The SMILES string of the molecule is O=C1CCC(N2Cc3c(SCc4ccc(CNCC5CCCCO5)cc4)cccc3C2=O)C(=O)N1. The molecule has 2 fully saturated rings. The summed E-state index contributed by atoms with van der Waals surface area (Å²) < 4.78 is 5.78. The quantitative estimate of drug-likeness (QED) is 0.433. The van der Waals surface area contributed by atoms with E-state index in [0.717, 1.165) is 42.3 Å². The first-order valence-corrected chi connectivity index (χ1v) is 13.4. The molecule has 2 saturated heterocycles. The van der Waals surface area contributed by atoms with Crippen LogP contribution in [0.1, 0.15) is 59.2 Å². The van der Waals surface area contributed by atoms with Crippen LogP contribution in [0.15, 0.2) is 47.4 Å². The van der Waals surface area contributed by atoms with Crippen molar-refractivity contribution < 1.29 is 19.1 Å². The van der Waals surface area contributed by atoms with Gasteiger partial charge in [0.25, 0.3) is 5.91 Å². The summed E-state index contributed by atoms with van der Waals surface area (Å²) in [5.41, 5.74) is 4.10. The smallest absolute Gasteiger partial charge is 0.255 e. The molecule has 0 saturated carbocycles. The number of nitrogens with one attached hydrogen (secondary N) is 2. The molecule has 2 N–H and O–H groups in total. The van der Waals surface area contributed by atoms with Gasteiger partial charge in [0, 0.05) is 48.9 Å². The van der Waals surface area contributed by atoms with E-state index in [1.807, 2.05) is 18.2 Å². The van der Waals surface area contributed by atoms with E-state index in [0.29, 0.717) is 24.6 Å². The second-order valence-corrected chi connectivity index (χ2v) is 10.4. The maximum absolute atomic E-state index is 13.0. The zero-order valence-electron chi connectivity index (χ0n) is 19.8. The number of carbonyl (C=O) groups is 3. The van der Waals surface area contributed by atoms with E-state index in [9.17, 15) is 14.4 Å². The fourth-order valence-electron chi connectivity index (χ4n) is 4.95. The van der Waals surface area contributed by atoms with Gasteiger partial charge in [-0.1, -0.05) is 30.3 Å². The molecule has 0 radical (unpaired) electrons. The molecule has 3 aliphatic rings. The van der Waals surface area contributed by atoms with Crippen LogP contribution in [0.4, 0.5) is 0 Å². The van der Waals surface area contributed by atoms with Crippen LogP contribution in [0, 0.1) is 0 Å².